The van der Waals surface area contributed by atoms with Crippen LogP contribution < -0.4 is 0 Å². The van der Waals surface area contributed by atoms with Crippen LogP contribution in [0.5, 0.6) is 0 Å². The normalized spacial score (nSPS) is 10.6. The van der Waals surface area contributed by atoms with E-state index in [4.69, 9.17) is 0 Å². The van der Waals surface area contributed by atoms with Crippen molar-refractivity contribution in [2.45, 2.75) is 34.1 Å². The van der Waals surface area contributed by atoms with Crippen LogP contribution in [0.3, 0.4) is 0 Å². The van der Waals surface area contributed by atoms with Crippen LogP contribution in [0.4, 0.5) is 5.69 Å². The second-order valence-electron chi connectivity index (χ2n) is 5.42. The van der Waals surface area contributed by atoms with Crippen LogP contribution >= 0.6 is 0 Å². The average molecular weight is 269 g/mol. The molecule has 0 aliphatic heterocycles. The molecule has 0 unspecified atom stereocenters. The van der Waals surface area contributed by atoms with Crippen molar-refractivity contribution in [3.05, 3.63) is 73.8 Å². The molecule has 0 atom stereocenters. The molecule has 2 aromatic carbocycles. The molecular weight excluding hydrogens is 250 g/mol. The minimum absolute atomic E-state index is 0.160. The molecule has 0 N–H and O–H groups in total. The average Bonchev–Trinajstić information content (AvgIpc) is 2.35. The molecule has 0 aromatic heterocycles. The predicted octanol–water partition coefficient (Wildman–Crippen LogP) is 4.42. The lowest BCUT2D eigenvalue weighted by Crippen LogP contribution is -2.00. The molecule has 0 saturated carbocycles. The molecule has 0 amide bonds. The van der Waals surface area contributed by atoms with Gasteiger partial charge in [-0.2, -0.15) is 0 Å². The van der Waals surface area contributed by atoms with Gasteiger partial charge in [0.2, 0.25) is 0 Å². The van der Waals surface area contributed by atoms with E-state index in [2.05, 4.69) is 32.9 Å². The van der Waals surface area contributed by atoms with Crippen LogP contribution in [-0.4, -0.2) is 4.92 Å². The maximum absolute atomic E-state index is 10.9. The molecule has 0 aliphatic rings. The fourth-order valence-corrected chi connectivity index (χ4v) is 2.64. The first-order chi connectivity index (χ1) is 9.38. The van der Waals surface area contributed by atoms with E-state index in [1.807, 2.05) is 13.0 Å². The topological polar surface area (TPSA) is 43.1 Å². The molecule has 0 fully saturated rings. The Morgan fingerprint density at radius 2 is 1.55 bits per heavy atom. The van der Waals surface area contributed by atoms with Gasteiger partial charge in [-0.1, -0.05) is 23.8 Å². The van der Waals surface area contributed by atoms with Crippen molar-refractivity contribution < 1.29 is 4.92 Å². The van der Waals surface area contributed by atoms with Gasteiger partial charge in [0, 0.05) is 12.1 Å². The predicted molar refractivity (Wildman–Crippen MR) is 81.3 cm³/mol. The Kier molecular flexibility index (Phi) is 3.89. The van der Waals surface area contributed by atoms with Gasteiger partial charge in [0.1, 0.15) is 0 Å². The van der Waals surface area contributed by atoms with Gasteiger partial charge in [0.05, 0.1) is 4.92 Å². The monoisotopic (exact) mass is 269 g/mol. The van der Waals surface area contributed by atoms with E-state index < -0.39 is 0 Å². The van der Waals surface area contributed by atoms with Gasteiger partial charge in [-0.25, -0.2) is 0 Å². The Morgan fingerprint density at radius 1 is 0.950 bits per heavy atom. The summed E-state index contributed by atoms with van der Waals surface area (Å²) in [5.74, 6) is 0. The summed E-state index contributed by atoms with van der Waals surface area (Å²) in [6, 6.07) is 9.40. The SMILES string of the molecule is Cc1cc(C)c(Cc2cc([N+](=O)[O-])ccc2C)c(C)c1. The quantitative estimate of drug-likeness (QED) is 0.611. The van der Waals surface area contributed by atoms with E-state index in [1.165, 1.54) is 22.3 Å². The summed E-state index contributed by atoms with van der Waals surface area (Å²) in [6.45, 7) is 8.28. The lowest BCUT2D eigenvalue weighted by atomic mass is 9.92. The number of nitrogens with zero attached hydrogens (tertiary/aromatic N) is 1. The summed E-state index contributed by atoms with van der Waals surface area (Å²) in [5.41, 5.74) is 7.28. The van der Waals surface area contributed by atoms with E-state index in [1.54, 1.807) is 12.1 Å². The molecule has 0 aliphatic carbocycles. The highest BCUT2D eigenvalue weighted by Crippen LogP contribution is 2.24. The first-order valence-corrected chi connectivity index (χ1v) is 6.69. The number of nitro benzene ring substituents is 1. The number of rotatable bonds is 3. The Bertz CT molecular complexity index is 652. The smallest absolute Gasteiger partial charge is 0.258 e. The first-order valence-electron chi connectivity index (χ1n) is 6.69. The highest BCUT2D eigenvalue weighted by Gasteiger charge is 2.11. The zero-order valence-electron chi connectivity index (χ0n) is 12.4. The summed E-state index contributed by atoms with van der Waals surface area (Å²) in [7, 11) is 0. The molecule has 104 valence electrons. The number of non-ortho nitro benzene ring substituents is 1. The molecular formula is C17H19NO2. The van der Waals surface area contributed by atoms with Crippen molar-refractivity contribution in [2.75, 3.05) is 0 Å². The first kappa shape index (κ1) is 14.3. The van der Waals surface area contributed by atoms with Crippen molar-refractivity contribution in [3.63, 3.8) is 0 Å². The standard InChI is InChI=1S/C17H19NO2/c1-11-7-13(3)17(14(4)8-11)10-15-9-16(18(19)20)6-5-12(15)2/h5-9H,10H2,1-4H3. The Morgan fingerprint density at radius 3 is 2.10 bits per heavy atom. The number of aryl methyl sites for hydroxylation is 4. The zero-order valence-corrected chi connectivity index (χ0v) is 12.4. The van der Waals surface area contributed by atoms with E-state index in [0.29, 0.717) is 0 Å². The van der Waals surface area contributed by atoms with Gasteiger partial charge in [0.15, 0.2) is 0 Å². The van der Waals surface area contributed by atoms with Gasteiger partial charge in [-0.05, 0) is 61.9 Å². The van der Waals surface area contributed by atoms with Crippen LogP contribution in [0.25, 0.3) is 0 Å². The second-order valence-corrected chi connectivity index (χ2v) is 5.42. The number of benzene rings is 2. The van der Waals surface area contributed by atoms with Crippen LogP contribution in [0.1, 0.15) is 33.4 Å². The number of hydrogen-bond donors (Lipinski definition) is 0. The van der Waals surface area contributed by atoms with Crippen molar-refractivity contribution in [1.29, 1.82) is 0 Å². The largest absolute Gasteiger partial charge is 0.269 e. The molecule has 0 spiro atoms. The lowest BCUT2D eigenvalue weighted by Gasteiger charge is -2.13. The molecule has 2 aromatic rings. The van der Waals surface area contributed by atoms with Crippen LogP contribution in [0.2, 0.25) is 0 Å². The summed E-state index contributed by atoms with van der Waals surface area (Å²) < 4.78 is 0. The number of nitro groups is 1. The molecule has 0 heterocycles. The third-order valence-electron chi connectivity index (χ3n) is 3.75. The van der Waals surface area contributed by atoms with Crippen LogP contribution in [0, 0.1) is 37.8 Å². The maximum Gasteiger partial charge on any atom is 0.269 e. The van der Waals surface area contributed by atoms with Crippen molar-refractivity contribution in [3.8, 4) is 0 Å². The van der Waals surface area contributed by atoms with Gasteiger partial charge < -0.3 is 0 Å². The van der Waals surface area contributed by atoms with Crippen LogP contribution in [0.15, 0.2) is 30.3 Å². The Hall–Kier alpha value is -2.16. The summed E-state index contributed by atoms with van der Waals surface area (Å²) in [4.78, 5) is 10.6. The number of hydrogen-bond acceptors (Lipinski definition) is 2. The lowest BCUT2D eigenvalue weighted by molar-refractivity contribution is -0.384. The third-order valence-corrected chi connectivity index (χ3v) is 3.75. The van der Waals surface area contributed by atoms with Gasteiger partial charge in [-0.3, -0.25) is 10.1 Å². The molecule has 3 heteroatoms. The van der Waals surface area contributed by atoms with Crippen LogP contribution in [-0.2, 0) is 6.42 Å². The Labute approximate surface area is 119 Å². The molecule has 3 nitrogen and oxygen atoms in total. The van der Waals surface area contributed by atoms with Crippen molar-refractivity contribution >= 4 is 5.69 Å². The molecule has 20 heavy (non-hydrogen) atoms. The van der Waals surface area contributed by atoms with Gasteiger partial charge >= 0.3 is 0 Å². The summed E-state index contributed by atoms with van der Waals surface area (Å²) in [5, 5.41) is 10.9. The second kappa shape index (κ2) is 5.45. The fraction of sp³-hybridized carbons (Fsp3) is 0.294. The van der Waals surface area contributed by atoms with Crippen molar-refractivity contribution in [2.24, 2.45) is 0 Å². The maximum atomic E-state index is 10.9. The zero-order chi connectivity index (χ0) is 14.9. The van der Waals surface area contributed by atoms with E-state index in [9.17, 15) is 10.1 Å². The highest BCUT2D eigenvalue weighted by atomic mass is 16.6. The Balaban J connectivity index is 2.45. The van der Waals surface area contributed by atoms with Gasteiger partial charge in [-0.15, -0.1) is 0 Å². The fourth-order valence-electron chi connectivity index (χ4n) is 2.64. The third kappa shape index (κ3) is 2.87. The molecule has 0 radical (unpaired) electrons. The minimum atomic E-state index is -0.336. The van der Waals surface area contributed by atoms with E-state index in [-0.39, 0.29) is 10.6 Å². The summed E-state index contributed by atoms with van der Waals surface area (Å²) >= 11 is 0. The summed E-state index contributed by atoms with van der Waals surface area (Å²) in [6.07, 6.45) is 0.742. The van der Waals surface area contributed by atoms with E-state index >= 15 is 0 Å². The minimum Gasteiger partial charge on any atom is -0.258 e. The highest BCUT2D eigenvalue weighted by molar-refractivity contribution is 5.45. The molecule has 0 saturated heterocycles. The molecule has 0 bridgehead atoms. The van der Waals surface area contributed by atoms with Crippen molar-refractivity contribution in [1.82, 2.24) is 0 Å². The van der Waals surface area contributed by atoms with E-state index in [0.717, 1.165) is 17.5 Å². The van der Waals surface area contributed by atoms with Gasteiger partial charge in [0.25, 0.3) is 5.69 Å². The molecule has 2 rings (SSSR count).